The van der Waals surface area contributed by atoms with Gasteiger partial charge in [0.1, 0.15) is 12.4 Å². The van der Waals surface area contributed by atoms with Crippen LogP contribution in [0.4, 0.5) is 5.82 Å². The Bertz CT molecular complexity index is 1400. The number of carbonyl (C=O) groups excluding carboxylic acids is 2. The molecule has 0 bridgehead atoms. The third-order valence-corrected chi connectivity index (χ3v) is 6.67. The fraction of sp³-hybridized carbons (Fsp3) is 0.281. The Kier molecular flexibility index (Phi) is 9.55. The average molecular weight is 543 g/mol. The smallest absolute Gasteiger partial charge is 0.254 e. The number of hydrogen-bond acceptors (Lipinski definition) is 3. The highest BCUT2D eigenvalue weighted by molar-refractivity contribution is 6.32. The van der Waals surface area contributed by atoms with Crippen LogP contribution in [0, 0.1) is 5.92 Å². The molecule has 0 aliphatic heterocycles. The van der Waals surface area contributed by atoms with Gasteiger partial charge in [-0.05, 0) is 48.6 Å². The van der Waals surface area contributed by atoms with Crippen LogP contribution in [0.3, 0.4) is 0 Å². The highest BCUT2D eigenvalue weighted by Crippen LogP contribution is 2.28. The van der Waals surface area contributed by atoms with E-state index in [1.807, 2.05) is 92.7 Å². The third kappa shape index (κ3) is 7.36. The maximum atomic E-state index is 13.4. The number of unbranched alkanes of at least 4 members (excludes halogenated alkanes) is 1. The summed E-state index contributed by atoms with van der Waals surface area (Å²) in [7, 11) is 0. The van der Waals surface area contributed by atoms with Gasteiger partial charge in [-0.3, -0.25) is 9.59 Å². The summed E-state index contributed by atoms with van der Waals surface area (Å²) in [6, 6.07) is 26.6. The number of carbonyl (C=O) groups is 2. The van der Waals surface area contributed by atoms with E-state index in [0.29, 0.717) is 34.3 Å². The van der Waals surface area contributed by atoms with E-state index in [9.17, 15) is 9.59 Å². The first-order chi connectivity index (χ1) is 18.9. The number of halogens is 1. The van der Waals surface area contributed by atoms with Gasteiger partial charge < -0.3 is 10.2 Å². The lowest BCUT2D eigenvalue weighted by molar-refractivity contribution is -0.117. The van der Waals surface area contributed by atoms with E-state index in [1.54, 1.807) is 15.6 Å². The minimum atomic E-state index is -0.309. The van der Waals surface area contributed by atoms with Gasteiger partial charge >= 0.3 is 0 Å². The molecule has 0 saturated heterocycles. The molecule has 4 aromatic rings. The van der Waals surface area contributed by atoms with Crippen LogP contribution in [-0.4, -0.2) is 39.6 Å². The lowest BCUT2D eigenvalue weighted by Crippen LogP contribution is -2.40. The van der Waals surface area contributed by atoms with E-state index in [0.717, 1.165) is 24.8 Å². The van der Waals surface area contributed by atoms with Crippen LogP contribution in [0.2, 0.25) is 5.02 Å². The van der Waals surface area contributed by atoms with Crippen molar-refractivity contribution < 1.29 is 9.59 Å². The highest BCUT2D eigenvalue weighted by atomic mass is 35.5. The molecule has 0 aliphatic carbocycles. The topological polar surface area (TPSA) is 67.2 Å². The number of aryl methyl sites for hydroxylation is 1. The predicted molar refractivity (Wildman–Crippen MR) is 158 cm³/mol. The largest absolute Gasteiger partial charge is 0.329 e. The zero-order valence-electron chi connectivity index (χ0n) is 22.7. The zero-order chi connectivity index (χ0) is 27.8. The molecule has 39 heavy (non-hydrogen) atoms. The Morgan fingerprint density at radius 3 is 2.33 bits per heavy atom. The number of para-hydroxylation sites is 1. The molecule has 6 nitrogen and oxygen atoms in total. The molecule has 1 aromatic heterocycles. The van der Waals surface area contributed by atoms with Crippen molar-refractivity contribution in [2.24, 2.45) is 5.92 Å². The van der Waals surface area contributed by atoms with Crippen molar-refractivity contribution in [3.05, 3.63) is 101 Å². The number of nitrogens with zero attached hydrogens (tertiary/aromatic N) is 3. The summed E-state index contributed by atoms with van der Waals surface area (Å²) in [5, 5.41) is 8.23. The van der Waals surface area contributed by atoms with Crippen molar-refractivity contribution in [3.8, 4) is 16.9 Å². The number of anilines is 1. The van der Waals surface area contributed by atoms with E-state index in [2.05, 4.69) is 12.2 Å². The van der Waals surface area contributed by atoms with E-state index in [1.165, 1.54) is 5.56 Å². The molecule has 0 saturated carbocycles. The molecular formula is C32H35ClN4O2. The van der Waals surface area contributed by atoms with Gasteiger partial charge in [0, 0.05) is 23.7 Å². The molecule has 4 rings (SSSR count). The number of rotatable bonds is 11. The van der Waals surface area contributed by atoms with E-state index in [4.69, 9.17) is 16.7 Å². The standard InChI is InChI=1S/C32H35ClN4O2/c1-4-5-11-24-16-18-26(19-17-24)32(39)36(21-23(2)3)22-31(38)34-30-20-28(25-12-7-6-8-13-25)35-37(30)29-15-10-9-14-27(29)33/h6-10,12-20,23H,4-5,11,21-22H2,1-3H3,(H,34,38). The molecule has 0 spiro atoms. The Balaban J connectivity index is 1.57. The monoisotopic (exact) mass is 542 g/mol. The fourth-order valence-corrected chi connectivity index (χ4v) is 4.64. The minimum absolute atomic E-state index is 0.0804. The summed E-state index contributed by atoms with van der Waals surface area (Å²) in [4.78, 5) is 28.4. The number of hydrogen-bond donors (Lipinski definition) is 1. The molecule has 0 radical (unpaired) electrons. The first-order valence-corrected chi connectivity index (χ1v) is 13.8. The summed E-state index contributed by atoms with van der Waals surface area (Å²) in [5.74, 6) is 0.204. The molecule has 1 N–H and O–H groups in total. The van der Waals surface area contributed by atoms with E-state index < -0.39 is 0 Å². The molecule has 3 aromatic carbocycles. The Labute approximate surface area is 235 Å². The second-order valence-corrected chi connectivity index (χ2v) is 10.5. The van der Waals surface area contributed by atoms with Gasteiger partial charge in [0.2, 0.25) is 5.91 Å². The van der Waals surface area contributed by atoms with Crippen LogP contribution in [-0.2, 0) is 11.2 Å². The van der Waals surface area contributed by atoms with Crippen LogP contribution in [0.1, 0.15) is 49.5 Å². The van der Waals surface area contributed by atoms with Crippen molar-refractivity contribution >= 4 is 29.2 Å². The summed E-state index contributed by atoms with van der Waals surface area (Å²) in [6.45, 7) is 6.61. The lowest BCUT2D eigenvalue weighted by Gasteiger charge is -2.24. The van der Waals surface area contributed by atoms with Crippen LogP contribution < -0.4 is 5.32 Å². The fourth-order valence-electron chi connectivity index (χ4n) is 4.42. The summed E-state index contributed by atoms with van der Waals surface area (Å²) < 4.78 is 1.63. The Hall–Kier alpha value is -3.90. The predicted octanol–water partition coefficient (Wildman–Crippen LogP) is 7.27. The minimum Gasteiger partial charge on any atom is -0.329 e. The highest BCUT2D eigenvalue weighted by Gasteiger charge is 2.22. The second-order valence-electron chi connectivity index (χ2n) is 10.1. The molecular weight excluding hydrogens is 508 g/mol. The SMILES string of the molecule is CCCCc1ccc(C(=O)N(CC(=O)Nc2cc(-c3ccccc3)nn2-c2ccccc2Cl)CC(C)C)cc1. The number of benzene rings is 3. The summed E-state index contributed by atoms with van der Waals surface area (Å²) in [6.07, 6.45) is 3.23. The Morgan fingerprint density at radius 2 is 1.67 bits per heavy atom. The molecule has 2 amide bonds. The number of aromatic nitrogens is 2. The maximum Gasteiger partial charge on any atom is 0.254 e. The van der Waals surface area contributed by atoms with Gasteiger partial charge in [-0.1, -0.05) is 93.4 Å². The quantitative estimate of drug-likeness (QED) is 0.217. The molecule has 7 heteroatoms. The summed E-state index contributed by atoms with van der Waals surface area (Å²) >= 11 is 6.49. The Morgan fingerprint density at radius 1 is 0.974 bits per heavy atom. The summed E-state index contributed by atoms with van der Waals surface area (Å²) in [5.41, 5.74) is 4.05. The normalized spacial score (nSPS) is 11.0. The zero-order valence-corrected chi connectivity index (χ0v) is 23.5. The van der Waals surface area contributed by atoms with Gasteiger partial charge in [0.25, 0.3) is 5.91 Å². The van der Waals surface area contributed by atoms with Crippen LogP contribution in [0.5, 0.6) is 0 Å². The van der Waals surface area contributed by atoms with Crippen molar-refractivity contribution in [2.75, 3.05) is 18.4 Å². The molecule has 0 aliphatic rings. The molecule has 1 heterocycles. The van der Waals surface area contributed by atoms with Gasteiger partial charge in [-0.25, -0.2) is 4.68 Å². The van der Waals surface area contributed by atoms with Crippen molar-refractivity contribution in [1.29, 1.82) is 0 Å². The van der Waals surface area contributed by atoms with E-state index in [-0.39, 0.29) is 24.3 Å². The molecule has 0 unspecified atom stereocenters. The lowest BCUT2D eigenvalue weighted by atomic mass is 10.1. The van der Waals surface area contributed by atoms with Crippen LogP contribution in [0.15, 0.2) is 84.9 Å². The van der Waals surface area contributed by atoms with Crippen LogP contribution >= 0.6 is 11.6 Å². The van der Waals surface area contributed by atoms with Gasteiger partial charge in [-0.2, -0.15) is 5.10 Å². The molecule has 202 valence electrons. The molecule has 0 atom stereocenters. The average Bonchev–Trinajstić information content (AvgIpc) is 3.35. The van der Waals surface area contributed by atoms with Gasteiger partial charge in [-0.15, -0.1) is 0 Å². The first-order valence-electron chi connectivity index (χ1n) is 13.4. The van der Waals surface area contributed by atoms with E-state index >= 15 is 0 Å². The van der Waals surface area contributed by atoms with Gasteiger partial charge in [0.15, 0.2) is 0 Å². The number of amides is 2. The van der Waals surface area contributed by atoms with Crippen molar-refractivity contribution in [3.63, 3.8) is 0 Å². The van der Waals surface area contributed by atoms with Crippen LogP contribution in [0.25, 0.3) is 16.9 Å². The van der Waals surface area contributed by atoms with Crippen molar-refractivity contribution in [1.82, 2.24) is 14.7 Å². The third-order valence-electron chi connectivity index (χ3n) is 6.35. The maximum absolute atomic E-state index is 13.4. The van der Waals surface area contributed by atoms with Crippen molar-refractivity contribution in [2.45, 2.75) is 40.0 Å². The second kappa shape index (κ2) is 13.3. The van der Waals surface area contributed by atoms with Gasteiger partial charge in [0.05, 0.1) is 16.4 Å². The first kappa shape index (κ1) is 28.1. The number of nitrogens with one attached hydrogen (secondary N) is 1. The molecule has 0 fully saturated rings.